The summed E-state index contributed by atoms with van der Waals surface area (Å²) >= 11 is 1.88. The van der Waals surface area contributed by atoms with E-state index in [1.54, 1.807) is 23.4 Å². The summed E-state index contributed by atoms with van der Waals surface area (Å²) in [5, 5.41) is 4.08. The van der Waals surface area contributed by atoms with Crippen molar-refractivity contribution in [3.05, 3.63) is 43.2 Å². The Hall–Kier alpha value is -2.61. The fourth-order valence-corrected chi connectivity index (χ4v) is 5.46. The molecule has 5 rings (SSSR count). The summed E-state index contributed by atoms with van der Waals surface area (Å²) in [5.74, 6) is 3.60. The SMILES string of the molecule is CC(C1CCCCC1)N1CSc2cc(Oc3cncc(-n4cncn4)n3)ccc21. The quantitative estimate of drug-likeness (QED) is 0.607. The van der Waals surface area contributed by atoms with Gasteiger partial charge in [0, 0.05) is 10.9 Å². The first-order valence-electron chi connectivity index (χ1n) is 10.2. The number of fused-ring (bicyclic) bond motifs is 1. The minimum atomic E-state index is 0.438. The van der Waals surface area contributed by atoms with Crippen LogP contribution in [0.1, 0.15) is 39.0 Å². The topological polar surface area (TPSA) is 69.0 Å². The van der Waals surface area contributed by atoms with Crippen molar-refractivity contribution in [3.63, 3.8) is 0 Å². The summed E-state index contributed by atoms with van der Waals surface area (Å²) in [6.07, 6.45) is 13.2. The smallest absolute Gasteiger partial charge is 0.239 e. The Balaban J connectivity index is 1.32. The van der Waals surface area contributed by atoms with Crippen LogP contribution in [-0.2, 0) is 0 Å². The van der Waals surface area contributed by atoms with Crippen LogP contribution in [-0.4, -0.2) is 36.7 Å². The van der Waals surface area contributed by atoms with Crippen molar-refractivity contribution >= 4 is 17.4 Å². The van der Waals surface area contributed by atoms with Gasteiger partial charge in [0.05, 0.1) is 24.0 Å². The molecule has 1 aliphatic carbocycles. The number of aromatic nitrogens is 5. The van der Waals surface area contributed by atoms with Crippen molar-refractivity contribution in [1.82, 2.24) is 24.7 Å². The zero-order chi connectivity index (χ0) is 19.6. The molecule has 3 aromatic rings. The van der Waals surface area contributed by atoms with Gasteiger partial charge in [0.1, 0.15) is 18.4 Å². The van der Waals surface area contributed by atoms with Gasteiger partial charge in [-0.3, -0.25) is 4.98 Å². The van der Waals surface area contributed by atoms with Crippen molar-refractivity contribution in [1.29, 1.82) is 0 Å². The van der Waals surface area contributed by atoms with Crippen molar-refractivity contribution in [3.8, 4) is 17.4 Å². The molecule has 0 N–H and O–H groups in total. The first kappa shape index (κ1) is 18.4. The second-order valence-electron chi connectivity index (χ2n) is 7.67. The van der Waals surface area contributed by atoms with Crippen LogP contribution in [0.5, 0.6) is 11.6 Å². The van der Waals surface area contributed by atoms with Crippen LogP contribution in [0.3, 0.4) is 0 Å². The molecule has 0 spiro atoms. The van der Waals surface area contributed by atoms with Crippen molar-refractivity contribution < 1.29 is 4.74 Å². The van der Waals surface area contributed by atoms with Crippen LogP contribution in [0.25, 0.3) is 5.82 Å². The number of hydrogen-bond donors (Lipinski definition) is 0. The number of rotatable bonds is 5. The normalized spacial score (nSPS) is 17.9. The molecule has 1 aromatic carbocycles. The lowest BCUT2D eigenvalue weighted by Gasteiger charge is -2.35. The lowest BCUT2D eigenvalue weighted by Crippen LogP contribution is -2.37. The molecular formula is C21H24N6OS. The van der Waals surface area contributed by atoms with Crippen molar-refractivity contribution in [2.45, 2.75) is 50.0 Å². The van der Waals surface area contributed by atoms with E-state index in [1.165, 1.54) is 49.0 Å². The van der Waals surface area contributed by atoms with Gasteiger partial charge in [-0.2, -0.15) is 10.1 Å². The highest BCUT2D eigenvalue weighted by molar-refractivity contribution is 7.99. The molecule has 1 aliphatic heterocycles. The number of ether oxygens (including phenoxy) is 1. The summed E-state index contributed by atoms with van der Waals surface area (Å²) in [4.78, 5) is 16.4. The summed E-state index contributed by atoms with van der Waals surface area (Å²) in [5.41, 5.74) is 1.32. The Kier molecular flexibility index (Phi) is 5.10. The average Bonchev–Trinajstić information content (AvgIpc) is 3.44. The number of benzene rings is 1. The molecule has 1 unspecified atom stereocenters. The second kappa shape index (κ2) is 8.02. The van der Waals surface area contributed by atoms with E-state index < -0.39 is 0 Å². The van der Waals surface area contributed by atoms with E-state index in [1.807, 2.05) is 17.8 Å². The van der Waals surface area contributed by atoms with Gasteiger partial charge in [-0.05, 0) is 43.9 Å². The fourth-order valence-electron chi connectivity index (χ4n) is 4.27. The number of hydrogen-bond acceptors (Lipinski definition) is 7. The number of nitrogens with zero attached hydrogens (tertiary/aromatic N) is 6. The molecule has 29 heavy (non-hydrogen) atoms. The Bertz CT molecular complexity index is 973. The highest BCUT2D eigenvalue weighted by atomic mass is 32.2. The molecule has 0 amide bonds. The maximum absolute atomic E-state index is 5.99. The Morgan fingerprint density at radius 1 is 1.14 bits per heavy atom. The van der Waals surface area contributed by atoms with E-state index >= 15 is 0 Å². The van der Waals surface area contributed by atoms with Crippen molar-refractivity contribution in [2.75, 3.05) is 10.8 Å². The van der Waals surface area contributed by atoms with Gasteiger partial charge < -0.3 is 9.64 Å². The zero-order valence-corrected chi connectivity index (χ0v) is 17.3. The molecule has 7 nitrogen and oxygen atoms in total. The molecule has 1 fully saturated rings. The minimum absolute atomic E-state index is 0.438. The highest BCUT2D eigenvalue weighted by Gasteiger charge is 2.30. The van der Waals surface area contributed by atoms with Crippen LogP contribution in [0.2, 0.25) is 0 Å². The third-order valence-corrected chi connectivity index (χ3v) is 6.94. The van der Waals surface area contributed by atoms with Crippen LogP contribution >= 0.6 is 11.8 Å². The van der Waals surface area contributed by atoms with Crippen LogP contribution in [0.15, 0.2) is 48.1 Å². The maximum atomic E-state index is 5.99. The average molecular weight is 409 g/mol. The first-order valence-corrected chi connectivity index (χ1v) is 11.1. The van der Waals surface area contributed by atoms with E-state index in [4.69, 9.17) is 4.74 Å². The monoisotopic (exact) mass is 408 g/mol. The molecule has 1 saturated carbocycles. The molecule has 0 radical (unpaired) electrons. The van der Waals surface area contributed by atoms with Gasteiger partial charge >= 0.3 is 0 Å². The van der Waals surface area contributed by atoms with E-state index in [-0.39, 0.29) is 0 Å². The molecule has 2 aromatic heterocycles. The van der Waals surface area contributed by atoms with Gasteiger partial charge in [-0.1, -0.05) is 19.3 Å². The van der Waals surface area contributed by atoms with Gasteiger partial charge in [0.2, 0.25) is 5.88 Å². The molecule has 3 heterocycles. The molecule has 2 aliphatic rings. The van der Waals surface area contributed by atoms with Gasteiger partial charge in [-0.15, -0.1) is 11.8 Å². The summed E-state index contributed by atoms with van der Waals surface area (Å²) < 4.78 is 7.55. The fraction of sp³-hybridized carbons (Fsp3) is 0.429. The van der Waals surface area contributed by atoms with Gasteiger partial charge in [0.25, 0.3) is 0 Å². The van der Waals surface area contributed by atoms with E-state index in [0.717, 1.165) is 17.5 Å². The third-order valence-electron chi connectivity index (χ3n) is 5.90. The highest BCUT2D eigenvalue weighted by Crippen LogP contribution is 2.44. The molecule has 150 valence electrons. The summed E-state index contributed by atoms with van der Waals surface area (Å²) in [7, 11) is 0. The van der Waals surface area contributed by atoms with Crippen LogP contribution < -0.4 is 9.64 Å². The Labute approximate surface area is 174 Å². The minimum Gasteiger partial charge on any atom is -0.437 e. The maximum Gasteiger partial charge on any atom is 0.239 e. The number of anilines is 1. The van der Waals surface area contributed by atoms with E-state index in [2.05, 4.69) is 44.0 Å². The third kappa shape index (κ3) is 3.81. The molecule has 0 bridgehead atoms. The zero-order valence-electron chi connectivity index (χ0n) is 16.4. The van der Waals surface area contributed by atoms with Crippen LogP contribution in [0.4, 0.5) is 5.69 Å². The van der Waals surface area contributed by atoms with Crippen molar-refractivity contribution in [2.24, 2.45) is 5.92 Å². The Morgan fingerprint density at radius 2 is 2.03 bits per heavy atom. The summed E-state index contributed by atoms with van der Waals surface area (Å²) in [6, 6.07) is 6.90. The molecule has 8 heteroatoms. The lowest BCUT2D eigenvalue weighted by atomic mass is 9.84. The summed E-state index contributed by atoms with van der Waals surface area (Å²) in [6.45, 7) is 2.39. The first-order chi connectivity index (χ1) is 14.3. The molecule has 1 atom stereocenters. The predicted octanol–water partition coefficient (Wildman–Crippen LogP) is 4.69. The van der Waals surface area contributed by atoms with Gasteiger partial charge in [-0.25, -0.2) is 9.67 Å². The van der Waals surface area contributed by atoms with E-state index in [9.17, 15) is 0 Å². The largest absolute Gasteiger partial charge is 0.437 e. The standard InChI is InChI=1S/C21H24N6OS/c1-15(16-5-3-2-4-6-16)26-14-29-19-9-17(7-8-18(19)26)28-21-11-22-10-20(25-21)27-13-23-12-24-27/h7-13,15-16H,2-6,14H2,1H3. The van der Waals surface area contributed by atoms with Crippen LogP contribution in [0, 0.1) is 5.92 Å². The predicted molar refractivity (Wildman–Crippen MR) is 113 cm³/mol. The Morgan fingerprint density at radius 3 is 2.86 bits per heavy atom. The molecular weight excluding hydrogens is 384 g/mol. The molecule has 0 saturated heterocycles. The lowest BCUT2D eigenvalue weighted by molar-refractivity contribution is 0.309. The number of thioether (sulfide) groups is 1. The van der Waals surface area contributed by atoms with Gasteiger partial charge in [0.15, 0.2) is 5.82 Å². The van der Waals surface area contributed by atoms with E-state index in [0.29, 0.717) is 17.7 Å². The second-order valence-corrected chi connectivity index (χ2v) is 8.66.